The highest BCUT2D eigenvalue weighted by molar-refractivity contribution is 4.70. The first-order valence-electron chi connectivity index (χ1n) is 2.32. The first-order chi connectivity index (χ1) is 3.62. The Morgan fingerprint density at radius 1 is 1.62 bits per heavy atom. The van der Waals surface area contributed by atoms with Crippen molar-refractivity contribution in [2.24, 2.45) is 0 Å². The molecule has 1 unspecified atom stereocenters. The summed E-state index contributed by atoms with van der Waals surface area (Å²) in [6.45, 7) is 1.03. The monoisotopic (exact) mass is 121 g/mol. The van der Waals surface area contributed by atoms with Crippen LogP contribution in [-0.2, 0) is 0 Å². The van der Waals surface area contributed by atoms with Gasteiger partial charge in [0.1, 0.15) is 0 Å². The second-order valence-electron chi connectivity index (χ2n) is 1.99. The zero-order valence-corrected chi connectivity index (χ0v) is 4.76. The standard InChI is InChI=1S/C4H11NO3/c1-4(7,3-6)2-5-8/h5-8H,2-3H2,1H3. The van der Waals surface area contributed by atoms with Crippen LogP contribution in [0.5, 0.6) is 0 Å². The fourth-order valence-corrected chi connectivity index (χ4v) is 0.226. The molecule has 0 amide bonds. The molecule has 0 bridgehead atoms. The van der Waals surface area contributed by atoms with E-state index < -0.39 is 5.60 Å². The third-order valence-electron chi connectivity index (χ3n) is 0.801. The molecule has 8 heavy (non-hydrogen) atoms. The Labute approximate surface area is 47.7 Å². The summed E-state index contributed by atoms with van der Waals surface area (Å²) in [6, 6.07) is 0. The van der Waals surface area contributed by atoms with E-state index in [-0.39, 0.29) is 13.2 Å². The lowest BCUT2D eigenvalue weighted by molar-refractivity contribution is -0.0238. The zero-order valence-electron chi connectivity index (χ0n) is 4.76. The Bertz CT molecular complexity index is 64.3. The van der Waals surface area contributed by atoms with Crippen LogP contribution in [0.25, 0.3) is 0 Å². The van der Waals surface area contributed by atoms with Crippen LogP contribution in [0, 0.1) is 0 Å². The maximum Gasteiger partial charge on any atom is 0.0995 e. The van der Waals surface area contributed by atoms with Crippen molar-refractivity contribution in [3.8, 4) is 0 Å². The Hall–Kier alpha value is -0.160. The van der Waals surface area contributed by atoms with E-state index in [0.717, 1.165) is 0 Å². The predicted octanol–water partition coefficient (Wildman–Crippen LogP) is -1.29. The van der Waals surface area contributed by atoms with Gasteiger partial charge in [0.2, 0.25) is 0 Å². The van der Waals surface area contributed by atoms with Gasteiger partial charge in [-0.25, -0.2) is 5.48 Å². The lowest BCUT2D eigenvalue weighted by Crippen LogP contribution is -2.39. The van der Waals surface area contributed by atoms with Crippen molar-refractivity contribution in [3.63, 3.8) is 0 Å². The van der Waals surface area contributed by atoms with Crippen LogP contribution in [0.2, 0.25) is 0 Å². The fraction of sp³-hybridized carbons (Fsp3) is 1.00. The number of nitrogens with one attached hydrogen (secondary N) is 1. The van der Waals surface area contributed by atoms with Crippen LogP contribution < -0.4 is 5.48 Å². The quantitative estimate of drug-likeness (QED) is 0.350. The third kappa shape index (κ3) is 2.92. The maximum atomic E-state index is 8.85. The van der Waals surface area contributed by atoms with Gasteiger partial charge in [0, 0.05) is 0 Å². The molecule has 0 saturated carbocycles. The molecule has 0 aliphatic rings. The molecule has 0 aliphatic heterocycles. The van der Waals surface area contributed by atoms with Gasteiger partial charge >= 0.3 is 0 Å². The van der Waals surface area contributed by atoms with Crippen molar-refractivity contribution >= 4 is 0 Å². The summed E-state index contributed by atoms with van der Waals surface area (Å²) in [7, 11) is 0. The van der Waals surface area contributed by atoms with Crippen molar-refractivity contribution in [1.82, 2.24) is 5.48 Å². The molecule has 4 N–H and O–H groups in total. The second kappa shape index (κ2) is 2.99. The molecule has 0 spiro atoms. The molecule has 0 heterocycles. The minimum Gasteiger partial charge on any atom is -0.393 e. The number of hydrogen-bond donors (Lipinski definition) is 4. The number of rotatable bonds is 3. The summed E-state index contributed by atoms with van der Waals surface area (Å²) in [5.41, 5.74) is 0.535. The first kappa shape index (κ1) is 7.84. The molecule has 0 radical (unpaired) electrons. The molecule has 0 saturated heterocycles. The highest BCUT2D eigenvalue weighted by Crippen LogP contribution is 1.96. The summed E-state index contributed by atoms with van der Waals surface area (Å²) in [5, 5.41) is 25.2. The SMILES string of the molecule is CC(O)(CO)CNO. The average molecular weight is 121 g/mol. The Kier molecular flexibility index (Phi) is 2.93. The van der Waals surface area contributed by atoms with Crippen LogP contribution in [0.3, 0.4) is 0 Å². The van der Waals surface area contributed by atoms with Gasteiger partial charge in [0.15, 0.2) is 0 Å². The van der Waals surface area contributed by atoms with E-state index in [9.17, 15) is 0 Å². The Balaban J connectivity index is 3.37. The molecule has 4 heteroatoms. The smallest absolute Gasteiger partial charge is 0.0995 e. The number of aliphatic hydroxyl groups is 2. The molecule has 0 rings (SSSR count). The third-order valence-corrected chi connectivity index (χ3v) is 0.801. The zero-order chi connectivity index (χ0) is 6.62. The molecule has 0 aliphatic carbocycles. The average Bonchev–Trinajstić information content (AvgIpc) is 1.67. The highest BCUT2D eigenvalue weighted by atomic mass is 16.5. The molecule has 0 fully saturated rings. The van der Waals surface area contributed by atoms with E-state index >= 15 is 0 Å². The van der Waals surface area contributed by atoms with Crippen molar-refractivity contribution in [2.75, 3.05) is 13.2 Å². The number of hydrogen-bond acceptors (Lipinski definition) is 4. The van der Waals surface area contributed by atoms with Crippen LogP contribution in [0.15, 0.2) is 0 Å². The minimum atomic E-state index is -1.21. The predicted molar refractivity (Wildman–Crippen MR) is 27.5 cm³/mol. The van der Waals surface area contributed by atoms with Gasteiger partial charge < -0.3 is 15.4 Å². The van der Waals surface area contributed by atoms with Gasteiger partial charge in [-0.05, 0) is 6.92 Å². The number of hydroxylamine groups is 1. The van der Waals surface area contributed by atoms with Crippen LogP contribution in [-0.4, -0.2) is 34.2 Å². The van der Waals surface area contributed by atoms with E-state index in [1.165, 1.54) is 6.92 Å². The van der Waals surface area contributed by atoms with E-state index in [2.05, 4.69) is 0 Å². The van der Waals surface area contributed by atoms with Crippen molar-refractivity contribution in [2.45, 2.75) is 12.5 Å². The second-order valence-corrected chi connectivity index (χ2v) is 1.99. The molecular formula is C4H11NO3. The van der Waals surface area contributed by atoms with Crippen molar-refractivity contribution < 1.29 is 15.4 Å². The van der Waals surface area contributed by atoms with Gasteiger partial charge in [-0.15, -0.1) is 0 Å². The maximum absolute atomic E-state index is 8.85. The van der Waals surface area contributed by atoms with Gasteiger partial charge in [-0.1, -0.05) is 0 Å². The van der Waals surface area contributed by atoms with Crippen molar-refractivity contribution in [1.29, 1.82) is 0 Å². The van der Waals surface area contributed by atoms with E-state index in [4.69, 9.17) is 15.4 Å². The lowest BCUT2D eigenvalue weighted by Gasteiger charge is -2.17. The van der Waals surface area contributed by atoms with Crippen LogP contribution >= 0.6 is 0 Å². The summed E-state index contributed by atoms with van der Waals surface area (Å²) < 4.78 is 0. The topological polar surface area (TPSA) is 72.7 Å². The molecule has 4 nitrogen and oxygen atoms in total. The summed E-state index contributed by atoms with van der Waals surface area (Å²) in [6.07, 6.45) is 0. The van der Waals surface area contributed by atoms with Crippen LogP contribution in [0.4, 0.5) is 0 Å². The van der Waals surface area contributed by atoms with Crippen molar-refractivity contribution in [3.05, 3.63) is 0 Å². The molecule has 0 aromatic rings. The molecule has 0 aromatic heterocycles. The molecule has 0 aromatic carbocycles. The van der Waals surface area contributed by atoms with Gasteiger partial charge in [-0.3, -0.25) is 0 Å². The lowest BCUT2D eigenvalue weighted by atomic mass is 10.1. The first-order valence-corrected chi connectivity index (χ1v) is 2.32. The summed E-state index contributed by atoms with van der Waals surface area (Å²) in [4.78, 5) is 0. The number of aliphatic hydroxyl groups excluding tert-OH is 1. The van der Waals surface area contributed by atoms with Gasteiger partial charge in [0.25, 0.3) is 0 Å². The Morgan fingerprint density at radius 2 is 2.12 bits per heavy atom. The molecular weight excluding hydrogens is 110 g/mol. The highest BCUT2D eigenvalue weighted by Gasteiger charge is 2.16. The molecule has 50 valence electrons. The van der Waals surface area contributed by atoms with Crippen LogP contribution in [0.1, 0.15) is 6.92 Å². The normalized spacial score (nSPS) is 18.0. The van der Waals surface area contributed by atoms with E-state index in [1.807, 2.05) is 0 Å². The largest absolute Gasteiger partial charge is 0.393 e. The van der Waals surface area contributed by atoms with E-state index in [0.29, 0.717) is 0 Å². The van der Waals surface area contributed by atoms with Gasteiger partial charge in [0.05, 0.1) is 18.8 Å². The Morgan fingerprint density at radius 3 is 2.25 bits per heavy atom. The summed E-state index contributed by atoms with van der Waals surface area (Å²) in [5.74, 6) is 0. The fourth-order valence-electron chi connectivity index (χ4n) is 0.226. The van der Waals surface area contributed by atoms with E-state index in [1.54, 1.807) is 5.48 Å². The molecule has 1 atom stereocenters. The van der Waals surface area contributed by atoms with Gasteiger partial charge in [-0.2, -0.15) is 0 Å². The summed E-state index contributed by atoms with van der Waals surface area (Å²) >= 11 is 0. The minimum absolute atomic E-state index is 0.0243.